The minimum absolute atomic E-state index is 0.0940. The van der Waals surface area contributed by atoms with Crippen molar-refractivity contribution in [2.75, 3.05) is 0 Å². The normalized spacial score (nSPS) is 20.7. The molecular formula is C8H24Si3. The van der Waals surface area contributed by atoms with Gasteiger partial charge >= 0.3 is 0 Å². The van der Waals surface area contributed by atoms with Crippen molar-refractivity contribution in [3.05, 3.63) is 0 Å². The van der Waals surface area contributed by atoms with Crippen molar-refractivity contribution in [3.8, 4) is 0 Å². The Balaban J connectivity index is 3.58. The van der Waals surface area contributed by atoms with Crippen molar-refractivity contribution in [1.82, 2.24) is 0 Å². The Labute approximate surface area is 78.6 Å². The molecule has 0 amide bonds. The number of hydrogen-bond donors (Lipinski definition) is 0. The molecule has 0 fully saturated rings. The van der Waals surface area contributed by atoms with Crippen LogP contribution in [0.25, 0.3) is 0 Å². The smallest absolute Gasteiger partial charge is 0.0127 e. The van der Waals surface area contributed by atoms with Crippen LogP contribution in [0.15, 0.2) is 0 Å². The fourth-order valence-electron chi connectivity index (χ4n) is 1.44. The molecule has 0 bridgehead atoms. The summed E-state index contributed by atoms with van der Waals surface area (Å²) in [5.74, 6) is 0. The van der Waals surface area contributed by atoms with Gasteiger partial charge in [0.05, 0.1) is 0 Å². The third kappa shape index (κ3) is 4.98. The monoisotopic (exact) mass is 204 g/mol. The molecule has 0 nitrogen and oxygen atoms in total. The van der Waals surface area contributed by atoms with Crippen LogP contribution in [0.2, 0.25) is 11.1 Å². The average molecular weight is 205 g/mol. The molecule has 0 aliphatic carbocycles. The lowest BCUT2D eigenvalue weighted by Crippen LogP contribution is -2.30. The van der Waals surface area contributed by atoms with Gasteiger partial charge in [-0.15, -0.1) is 0 Å². The fraction of sp³-hybridized carbons (Fsp3) is 1.00. The van der Waals surface area contributed by atoms with E-state index in [0.717, 1.165) is 5.54 Å². The zero-order valence-corrected chi connectivity index (χ0v) is 13.4. The largest absolute Gasteiger partial charge is 0.0657 e. The maximum absolute atomic E-state index is 2.50. The molecule has 0 heterocycles. The predicted octanol–water partition coefficient (Wildman–Crippen LogP) is 0.760. The van der Waals surface area contributed by atoms with Crippen LogP contribution in [0.1, 0.15) is 40.5 Å². The maximum Gasteiger partial charge on any atom is 0.0127 e. The Kier molecular flexibility index (Phi) is 6.56. The minimum Gasteiger partial charge on any atom is -0.0657 e. The zero-order chi connectivity index (χ0) is 8.85. The first kappa shape index (κ1) is 11.7. The van der Waals surface area contributed by atoms with Crippen LogP contribution in [-0.4, -0.2) is 26.6 Å². The molecule has 0 N–H and O–H groups in total. The van der Waals surface area contributed by atoms with E-state index in [1.807, 2.05) is 0 Å². The van der Waals surface area contributed by atoms with Crippen molar-refractivity contribution in [3.63, 3.8) is 0 Å². The van der Waals surface area contributed by atoms with Crippen LogP contribution in [0, 0.1) is 0 Å². The van der Waals surface area contributed by atoms with Crippen molar-refractivity contribution in [2.45, 2.75) is 51.6 Å². The van der Waals surface area contributed by atoms with E-state index in [4.69, 9.17) is 0 Å². The van der Waals surface area contributed by atoms with Gasteiger partial charge in [-0.2, -0.15) is 0 Å². The van der Waals surface area contributed by atoms with Gasteiger partial charge in [0.25, 0.3) is 0 Å². The molecule has 3 unspecified atom stereocenters. The lowest BCUT2D eigenvalue weighted by molar-refractivity contribution is 0.858. The van der Waals surface area contributed by atoms with E-state index in [0.29, 0.717) is 9.04 Å². The summed E-state index contributed by atoms with van der Waals surface area (Å²) in [6.07, 6.45) is 2.91. The summed E-state index contributed by atoms with van der Waals surface area (Å²) >= 11 is 0. The summed E-state index contributed by atoms with van der Waals surface area (Å²) in [5, 5.41) is 0. The van der Waals surface area contributed by atoms with Crippen LogP contribution < -0.4 is 0 Å². The van der Waals surface area contributed by atoms with Crippen LogP contribution in [-0.2, 0) is 0 Å². The van der Waals surface area contributed by atoms with E-state index < -0.39 is 0 Å². The highest BCUT2D eigenvalue weighted by Crippen LogP contribution is 2.15. The maximum atomic E-state index is 2.50. The van der Waals surface area contributed by atoms with Gasteiger partial charge in [0.15, 0.2) is 0 Å². The average Bonchev–Trinajstić information content (AvgIpc) is 2.02. The number of hydrogen-bond acceptors (Lipinski definition) is 0. The van der Waals surface area contributed by atoms with Crippen LogP contribution in [0.3, 0.4) is 0 Å². The van der Waals surface area contributed by atoms with Gasteiger partial charge in [-0.05, 0) is 9.76 Å². The summed E-state index contributed by atoms with van der Waals surface area (Å²) < 4.78 is 0. The molecule has 68 valence electrons. The molecule has 11 heavy (non-hydrogen) atoms. The van der Waals surface area contributed by atoms with E-state index in [1.54, 1.807) is 9.76 Å². The summed E-state index contributed by atoms with van der Waals surface area (Å²) in [6, 6.07) is 0. The molecule has 3 atom stereocenters. The van der Waals surface area contributed by atoms with Gasteiger partial charge in [-0.25, -0.2) is 0 Å². The number of rotatable bonds is 5. The molecular weight excluding hydrogens is 180 g/mol. The quantitative estimate of drug-likeness (QED) is 0.580. The zero-order valence-electron chi connectivity index (χ0n) is 8.85. The molecule has 0 rings (SSSR count). The van der Waals surface area contributed by atoms with Crippen LogP contribution in [0.4, 0.5) is 0 Å². The predicted molar refractivity (Wildman–Crippen MR) is 65.1 cm³/mol. The summed E-state index contributed by atoms with van der Waals surface area (Å²) in [6.45, 7) is 9.70. The van der Waals surface area contributed by atoms with E-state index in [-0.39, 0.29) is 7.83 Å². The molecule has 0 aliphatic rings. The van der Waals surface area contributed by atoms with Gasteiger partial charge in [0.2, 0.25) is 0 Å². The Bertz CT molecular complexity index is 95.3. The Hall–Kier alpha value is 0.651. The first-order valence-corrected chi connectivity index (χ1v) is 14.5. The lowest BCUT2D eigenvalue weighted by Gasteiger charge is -2.19. The van der Waals surface area contributed by atoms with Gasteiger partial charge in [0, 0.05) is 16.9 Å². The van der Waals surface area contributed by atoms with Gasteiger partial charge < -0.3 is 0 Å². The third-order valence-electron chi connectivity index (χ3n) is 3.09. The molecule has 0 spiro atoms. The Morgan fingerprint density at radius 2 is 1.82 bits per heavy atom. The third-order valence-corrected chi connectivity index (χ3v) is 22.3. The van der Waals surface area contributed by atoms with E-state index in [9.17, 15) is 0 Å². The van der Waals surface area contributed by atoms with E-state index in [2.05, 4.69) is 27.7 Å². The summed E-state index contributed by atoms with van der Waals surface area (Å²) in [4.78, 5) is 0. The highest BCUT2D eigenvalue weighted by molar-refractivity contribution is 7.35. The van der Waals surface area contributed by atoms with Crippen molar-refractivity contribution >= 4 is 26.6 Å². The molecule has 0 saturated carbocycles. The standard InChI is InChI=1S/C8H24Si3/c1-5-7(3)10-11(9)8(4)6-2/h7-8,11H,5-6,10H2,1-4,9H3. The first-order valence-electron chi connectivity index (χ1n) is 5.11. The molecule has 0 aromatic carbocycles. The van der Waals surface area contributed by atoms with Gasteiger partial charge in [0.1, 0.15) is 0 Å². The lowest BCUT2D eigenvalue weighted by atomic mass is 10.4. The second-order valence-electron chi connectivity index (χ2n) is 4.11. The van der Waals surface area contributed by atoms with E-state index in [1.165, 1.54) is 18.4 Å². The van der Waals surface area contributed by atoms with Crippen molar-refractivity contribution < 1.29 is 0 Å². The molecule has 0 radical (unpaired) electrons. The van der Waals surface area contributed by atoms with Crippen LogP contribution in [0.5, 0.6) is 0 Å². The van der Waals surface area contributed by atoms with E-state index >= 15 is 0 Å². The Morgan fingerprint density at radius 1 is 1.27 bits per heavy atom. The minimum atomic E-state index is -0.0940. The molecule has 0 saturated heterocycles. The molecule has 0 aromatic rings. The van der Waals surface area contributed by atoms with Gasteiger partial charge in [-0.3, -0.25) is 0 Å². The van der Waals surface area contributed by atoms with Gasteiger partial charge in [-0.1, -0.05) is 51.6 Å². The molecule has 3 heteroatoms. The fourth-order valence-corrected chi connectivity index (χ4v) is 20.2. The summed E-state index contributed by atoms with van der Waals surface area (Å²) in [5.41, 5.74) is 2.32. The SMILES string of the molecule is CCC(C)[SiH2][SiH]([SiH3])C(C)CC. The second kappa shape index (κ2) is 6.20. The highest BCUT2D eigenvalue weighted by Gasteiger charge is 2.14. The second-order valence-corrected chi connectivity index (χ2v) is 23.7. The van der Waals surface area contributed by atoms with Crippen LogP contribution >= 0.6 is 0 Å². The topological polar surface area (TPSA) is 0 Å². The molecule has 0 aliphatic heterocycles. The first-order chi connectivity index (χ1) is 5.11. The molecule has 0 aromatic heterocycles. The van der Waals surface area contributed by atoms with Crippen molar-refractivity contribution in [2.24, 2.45) is 0 Å². The van der Waals surface area contributed by atoms with Crippen molar-refractivity contribution in [1.29, 1.82) is 0 Å². The highest BCUT2D eigenvalue weighted by atomic mass is 29.5. The summed E-state index contributed by atoms with van der Waals surface area (Å²) in [7, 11) is 1.89. The Morgan fingerprint density at radius 3 is 2.18 bits per heavy atom.